The Morgan fingerprint density at radius 1 is 1.09 bits per heavy atom. The molecule has 2 saturated heterocycles. The predicted octanol–water partition coefficient (Wildman–Crippen LogP) is 3.45. The molecule has 3 aliphatic rings. The number of nitrogens with zero attached hydrogens (tertiary/aromatic N) is 4. The van der Waals surface area contributed by atoms with E-state index in [4.69, 9.17) is 4.98 Å². The standard InChI is InChI=1S/C25H33FN6O2/c1-24(2,16-33)30-20-7-6-18(22(28-20)31-12-10-25(8-9-25)11-13-31)23(34)29-19-4-3-5-21(27-19)32-14-17(26)15-32/h3-7,17,33H,8-16H2,1-2H3,(H,28,30)(H,27,29,34). The van der Waals surface area contributed by atoms with Gasteiger partial charge in [-0.15, -0.1) is 0 Å². The van der Waals surface area contributed by atoms with Gasteiger partial charge in [0.15, 0.2) is 0 Å². The molecule has 9 heteroatoms. The number of carbonyl (C=O) groups excluding carboxylic acids is 1. The average Bonchev–Trinajstić information content (AvgIpc) is 3.56. The van der Waals surface area contributed by atoms with Crippen LogP contribution in [0.4, 0.5) is 27.7 Å². The Hall–Kier alpha value is -2.94. The maximum absolute atomic E-state index is 13.3. The Kier molecular flexibility index (Phi) is 5.83. The van der Waals surface area contributed by atoms with Crippen molar-refractivity contribution in [3.05, 3.63) is 35.9 Å². The summed E-state index contributed by atoms with van der Waals surface area (Å²) in [5, 5.41) is 15.8. The summed E-state index contributed by atoms with van der Waals surface area (Å²) >= 11 is 0. The third kappa shape index (κ3) is 4.80. The first-order chi connectivity index (χ1) is 16.3. The molecule has 1 amide bonds. The van der Waals surface area contributed by atoms with Gasteiger partial charge in [0, 0.05) is 13.1 Å². The molecule has 1 saturated carbocycles. The Labute approximate surface area is 199 Å². The quantitative estimate of drug-likeness (QED) is 0.573. The summed E-state index contributed by atoms with van der Waals surface area (Å²) in [5.74, 6) is 2.07. The molecule has 3 fully saturated rings. The molecule has 5 rings (SSSR count). The van der Waals surface area contributed by atoms with Gasteiger partial charge in [-0.05, 0) is 69.2 Å². The summed E-state index contributed by atoms with van der Waals surface area (Å²) in [6.45, 7) is 6.14. The lowest BCUT2D eigenvalue weighted by molar-refractivity contribution is 0.102. The molecule has 0 bridgehead atoms. The molecule has 4 heterocycles. The first-order valence-corrected chi connectivity index (χ1v) is 12.1. The highest BCUT2D eigenvalue weighted by atomic mass is 19.1. The lowest BCUT2D eigenvalue weighted by atomic mass is 9.93. The normalized spacial score (nSPS) is 19.6. The fourth-order valence-corrected chi connectivity index (χ4v) is 4.66. The van der Waals surface area contributed by atoms with Crippen LogP contribution in [-0.4, -0.2) is 65.5 Å². The van der Waals surface area contributed by atoms with Gasteiger partial charge in [0.2, 0.25) is 0 Å². The summed E-state index contributed by atoms with van der Waals surface area (Å²) in [7, 11) is 0. The maximum Gasteiger partial charge on any atom is 0.260 e. The van der Waals surface area contributed by atoms with Crippen molar-refractivity contribution in [1.82, 2.24) is 9.97 Å². The van der Waals surface area contributed by atoms with Crippen LogP contribution < -0.4 is 20.4 Å². The minimum atomic E-state index is -0.823. The molecule has 2 aromatic heterocycles. The molecule has 0 aromatic carbocycles. The molecule has 3 N–H and O–H groups in total. The second kappa shape index (κ2) is 8.69. The summed E-state index contributed by atoms with van der Waals surface area (Å²) in [6, 6.07) is 8.92. The van der Waals surface area contributed by atoms with Crippen molar-refractivity contribution in [3.63, 3.8) is 0 Å². The van der Waals surface area contributed by atoms with Crippen molar-refractivity contribution >= 4 is 29.2 Å². The number of pyridine rings is 2. The van der Waals surface area contributed by atoms with Crippen molar-refractivity contribution in [3.8, 4) is 0 Å². The highest BCUT2D eigenvalue weighted by molar-refractivity contribution is 6.07. The van der Waals surface area contributed by atoms with E-state index in [1.807, 2.05) is 30.9 Å². The number of hydrogen-bond acceptors (Lipinski definition) is 7. The van der Waals surface area contributed by atoms with Gasteiger partial charge < -0.3 is 25.5 Å². The highest BCUT2D eigenvalue weighted by Crippen LogP contribution is 2.54. The van der Waals surface area contributed by atoms with E-state index in [0.29, 0.717) is 47.3 Å². The molecular weight excluding hydrogens is 435 g/mol. The van der Waals surface area contributed by atoms with Crippen molar-refractivity contribution in [1.29, 1.82) is 0 Å². The van der Waals surface area contributed by atoms with Crippen LogP contribution in [0.3, 0.4) is 0 Å². The van der Waals surface area contributed by atoms with Gasteiger partial charge >= 0.3 is 0 Å². The van der Waals surface area contributed by atoms with Gasteiger partial charge in [0.25, 0.3) is 5.91 Å². The fourth-order valence-electron chi connectivity index (χ4n) is 4.66. The van der Waals surface area contributed by atoms with Crippen LogP contribution in [0.2, 0.25) is 0 Å². The zero-order valence-electron chi connectivity index (χ0n) is 19.9. The lowest BCUT2D eigenvalue weighted by Crippen LogP contribution is -2.48. The molecule has 182 valence electrons. The maximum atomic E-state index is 13.3. The van der Waals surface area contributed by atoms with Gasteiger partial charge in [-0.1, -0.05) is 6.07 Å². The highest BCUT2D eigenvalue weighted by Gasteiger charge is 2.45. The van der Waals surface area contributed by atoms with Crippen molar-refractivity contribution < 1.29 is 14.3 Å². The molecule has 0 radical (unpaired) electrons. The molecule has 34 heavy (non-hydrogen) atoms. The number of aromatic nitrogens is 2. The van der Waals surface area contributed by atoms with Crippen molar-refractivity contribution in [2.75, 3.05) is 53.2 Å². The molecule has 1 spiro atoms. The molecular formula is C25H33FN6O2. The molecule has 1 aliphatic carbocycles. The van der Waals surface area contributed by atoms with Gasteiger partial charge in [0.05, 0.1) is 30.8 Å². The van der Waals surface area contributed by atoms with E-state index in [0.717, 1.165) is 25.9 Å². The van der Waals surface area contributed by atoms with E-state index in [1.54, 1.807) is 18.2 Å². The van der Waals surface area contributed by atoms with Crippen LogP contribution in [0.15, 0.2) is 30.3 Å². The minimum absolute atomic E-state index is 0.0410. The first-order valence-electron chi connectivity index (χ1n) is 12.1. The fraction of sp³-hybridized carbons (Fsp3) is 0.560. The molecule has 8 nitrogen and oxygen atoms in total. The summed E-state index contributed by atoms with van der Waals surface area (Å²) in [4.78, 5) is 26.7. The topological polar surface area (TPSA) is 93.6 Å². The van der Waals surface area contributed by atoms with Crippen LogP contribution in [0, 0.1) is 5.41 Å². The molecule has 0 unspecified atom stereocenters. The molecule has 2 aromatic rings. The number of amides is 1. The predicted molar refractivity (Wildman–Crippen MR) is 131 cm³/mol. The van der Waals surface area contributed by atoms with Crippen molar-refractivity contribution in [2.24, 2.45) is 5.41 Å². The summed E-state index contributed by atoms with van der Waals surface area (Å²) in [5.41, 5.74) is 0.459. The number of nitrogens with one attached hydrogen (secondary N) is 2. The number of aliphatic hydroxyl groups excluding tert-OH is 1. The number of rotatable bonds is 7. The van der Waals surface area contributed by atoms with E-state index >= 15 is 0 Å². The van der Waals surface area contributed by atoms with Crippen LogP contribution >= 0.6 is 0 Å². The Morgan fingerprint density at radius 2 is 1.82 bits per heavy atom. The SMILES string of the molecule is CC(C)(CO)Nc1ccc(C(=O)Nc2cccc(N3CC(F)C3)n2)c(N2CCC3(CC2)CC3)n1. The second-order valence-corrected chi connectivity index (χ2v) is 10.6. The van der Waals surface area contributed by atoms with E-state index in [1.165, 1.54) is 12.8 Å². The summed E-state index contributed by atoms with van der Waals surface area (Å²) < 4.78 is 13.2. The number of aliphatic hydroxyl groups is 1. The Morgan fingerprint density at radius 3 is 2.47 bits per heavy atom. The van der Waals surface area contributed by atoms with Crippen LogP contribution in [0.5, 0.6) is 0 Å². The Bertz CT molecular complexity index is 1060. The number of anilines is 4. The van der Waals surface area contributed by atoms with Crippen LogP contribution in [0.25, 0.3) is 0 Å². The van der Waals surface area contributed by atoms with Gasteiger partial charge in [0.1, 0.15) is 29.4 Å². The number of carbonyl (C=O) groups is 1. The van der Waals surface area contributed by atoms with Gasteiger partial charge in [-0.2, -0.15) is 0 Å². The Balaban J connectivity index is 1.38. The third-order valence-corrected chi connectivity index (χ3v) is 7.20. The van der Waals surface area contributed by atoms with Crippen LogP contribution in [0.1, 0.15) is 49.9 Å². The smallest absolute Gasteiger partial charge is 0.260 e. The van der Waals surface area contributed by atoms with Gasteiger partial charge in [-0.25, -0.2) is 14.4 Å². The van der Waals surface area contributed by atoms with E-state index in [-0.39, 0.29) is 12.5 Å². The summed E-state index contributed by atoms with van der Waals surface area (Å²) in [6.07, 6.45) is 4.01. The van der Waals surface area contributed by atoms with E-state index in [9.17, 15) is 14.3 Å². The number of alkyl halides is 1. The molecule has 0 atom stereocenters. The first kappa shape index (κ1) is 22.8. The minimum Gasteiger partial charge on any atom is -0.394 e. The molecule has 2 aliphatic heterocycles. The monoisotopic (exact) mass is 468 g/mol. The van der Waals surface area contributed by atoms with E-state index < -0.39 is 11.7 Å². The largest absolute Gasteiger partial charge is 0.394 e. The number of halogens is 1. The van der Waals surface area contributed by atoms with E-state index in [2.05, 4.69) is 20.5 Å². The number of piperidine rings is 1. The van der Waals surface area contributed by atoms with Crippen molar-refractivity contribution in [2.45, 2.75) is 51.2 Å². The second-order valence-electron chi connectivity index (χ2n) is 10.6. The van der Waals surface area contributed by atoms with Gasteiger partial charge in [-0.3, -0.25) is 4.79 Å². The lowest BCUT2D eigenvalue weighted by Gasteiger charge is -2.35. The number of hydrogen-bond donors (Lipinski definition) is 3. The third-order valence-electron chi connectivity index (χ3n) is 7.20. The zero-order chi connectivity index (χ0) is 23.9. The zero-order valence-corrected chi connectivity index (χ0v) is 19.9. The average molecular weight is 469 g/mol. The van der Waals surface area contributed by atoms with Crippen LogP contribution in [-0.2, 0) is 0 Å².